The number of anilines is 1. The first-order valence-electron chi connectivity index (χ1n) is 9.76. The van der Waals surface area contributed by atoms with E-state index in [0.29, 0.717) is 23.7 Å². The minimum atomic E-state index is -0.422. The van der Waals surface area contributed by atoms with Crippen molar-refractivity contribution >= 4 is 39.2 Å². The van der Waals surface area contributed by atoms with Gasteiger partial charge in [-0.15, -0.1) is 0 Å². The Morgan fingerprint density at radius 3 is 2.17 bits per heavy atom. The minimum Gasteiger partial charge on any atom is -0.496 e. The number of benzene rings is 2. The van der Waals surface area contributed by atoms with Gasteiger partial charge in [-0.3, -0.25) is 0 Å². The van der Waals surface area contributed by atoms with Gasteiger partial charge in [0.25, 0.3) is 0 Å². The lowest BCUT2D eigenvalue weighted by atomic mass is 10.0. The van der Waals surface area contributed by atoms with E-state index in [0.717, 1.165) is 38.8 Å². The maximum atomic E-state index is 15.5. The molecule has 0 amide bonds. The van der Waals surface area contributed by atoms with Gasteiger partial charge in [0.1, 0.15) is 23.0 Å². The Balaban J connectivity index is 2.30. The maximum Gasteiger partial charge on any atom is 0.150 e. The van der Waals surface area contributed by atoms with Gasteiger partial charge in [-0.25, -0.2) is 9.37 Å². The van der Waals surface area contributed by atoms with Crippen molar-refractivity contribution in [2.24, 2.45) is 0 Å². The van der Waals surface area contributed by atoms with Crippen molar-refractivity contribution in [3.05, 3.63) is 45.3 Å². The fourth-order valence-corrected chi connectivity index (χ4v) is 4.24. The summed E-state index contributed by atoms with van der Waals surface area (Å²) in [5, 5.41) is 0.792. The van der Waals surface area contributed by atoms with Gasteiger partial charge < -0.3 is 19.1 Å². The van der Waals surface area contributed by atoms with Crippen LogP contribution in [0.25, 0.3) is 22.2 Å². The number of hydrogen-bond donors (Lipinski definition) is 0. The van der Waals surface area contributed by atoms with Crippen molar-refractivity contribution in [2.75, 3.05) is 39.3 Å². The lowest BCUT2D eigenvalue weighted by Gasteiger charge is -2.23. The molecule has 0 spiro atoms. The summed E-state index contributed by atoms with van der Waals surface area (Å²) in [7, 11) is 4.72. The summed E-state index contributed by atoms with van der Waals surface area (Å²) >= 11 is 2.24. The summed E-state index contributed by atoms with van der Waals surface area (Å²) in [5.41, 5.74) is 3.29. The molecule has 0 bridgehead atoms. The maximum absolute atomic E-state index is 15.5. The number of fused-ring (bicyclic) bond motifs is 1. The molecule has 5 nitrogen and oxygen atoms in total. The molecule has 1 aromatic heterocycles. The average molecular weight is 524 g/mol. The van der Waals surface area contributed by atoms with E-state index >= 15 is 4.39 Å². The fourth-order valence-electron chi connectivity index (χ4n) is 3.65. The number of halogens is 2. The van der Waals surface area contributed by atoms with Crippen LogP contribution in [0, 0.1) is 9.39 Å². The third-order valence-corrected chi connectivity index (χ3v) is 5.95. The number of hydrogen-bond acceptors (Lipinski definition) is 5. The van der Waals surface area contributed by atoms with Gasteiger partial charge in [-0.05, 0) is 72.3 Å². The van der Waals surface area contributed by atoms with Crippen LogP contribution in [0.3, 0.4) is 0 Å². The van der Waals surface area contributed by atoms with Crippen LogP contribution in [0.2, 0.25) is 0 Å². The molecule has 3 rings (SSSR count). The Hall–Kier alpha value is -2.13. The second-order valence-electron chi connectivity index (χ2n) is 6.76. The highest BCUT2D eigenvalue weighted by Gasteiger charge is 2.22. The van der Waals surface area contributed by atoms with Crippen LogP contribution in [-0.2, 0) is 11.3 Å². The summed E-state index contributed by atoms with van der Waals surface area (Å²) in [6, 6.07) is 9.25. The highest BCUT2D eigenvalue weighted by atomic mass is 127. The van der Waals surface area contributed by atoms with Crippen LogP contribution in [0.1, 0.15) is 19.4 Å². The van der Waals surface area contributed by atoms with Crippen LogP contribution >= 0.6 is 22.6 Å². The van der Waals surface area contributed by atoms with E-state index < -0.39 is 5.82 Å². The third kappa shape index (κ3) is 4.18. The smallest absolute Gasteiger partial charge is 0.150 e. The predicted octanol–water partition coefficient (Wildman–Crippen LogP) is 5.66. The van der Waals surface area contributed by atoms with E-state index in [2.05, 4.69) is 41.3 Å². The second-order valence-corrected chi connectivity index (χ2v) is 7.92. The van der Waals surface area contributed by atoms with Crippen molar-refractivity contribution < 1.29 is 18.6 Å². The molecule has 0 saturated heterocycles. The van der Waals surface area contributed by atoms with E-state index in [1.807, 2.05) is 24.3 Å². The molecule has 1 heterocycles. The summed E-state index contributed by atoms with van der Waals surface area (Å²) in [6.45, 7) is 6.23. The van der Waals surface area contributed by atoms with Crippen LogP contribution in [0.15, 0.2) is 30.3 Å². The van der Waals surface area contributed by atoms with Crippen molar-refractivity contribution in [1.82, 2.24) is 4.98 Å². The summed E-state index contributed by atoms with van der Waals surface area (Å²) in [5.74, 6) is 0.554. The SMILES string of the molecule is CCN(CC)c1ccc(I)c2nc(-c3c(OC)cc(COC)cc3OC)c(F)cc12. The Bertz CT molecular complexity index is 1030. The van der Waals surface area contributed by atoms with E-state index in [-0.39, 0.29) is 5.69 Å². The van der Waals surface area contributed by atoms with Gasteiger partial charge in [0.15, 0.2) is 0 Å². The zero-order valence-corrected chi connectivity index (χ0v) is 20.0. The second kappa shape index (κ2) is 9.78. The summed E-state index contributed by atoms with van der Waals surface area (Å²) < 4.78 is 32.8. The molecular formula is C23H26FIN2O3. The van der Waals surface area contributed by atoms with Crippen molar-refractivity contribution in [3.63, 3.8) is 0 Å². The molecule has 7 heteroatoms. The number of rotatable bonds is 8. The van der Waals surface area contributed by atoms with Gasteiger partial charge in [0, 0.05) is 34.8 Å². The average Bonchev–Trinajstić information content (AvgIpc) is 2.75. The van der Waals surface area contributed by atoms with Crippen LogP contribution in [0.4, 0.5) is 10.1 Å². The topological polar surface area (TPSA) is 43.8 Å². The molecule has 30 heavy (non-hydrogen) atoms. The molecule has 0 atom stereocenters. The quantitative estimate of drug-likeness (QED) is 0.356. The Kier molecular flexibility index (Phi) is 7.36. The number of nitrogens with zero attached hydrogens (tertiary/aromatic N) is 2. The Labute approximate surface area is 190 Å². The van der Waals surface area contributed by atoms with E-state index in [1.54, 1.807) is 27.4 Å². The molecule has 0 aliphatic carbocycles. The van der Waals surface area contributed by atoms with Crippen LogP contribution < -0.4 is 14.4 Å². The highest BCUT2D eigenvalue weighted by Crippen LogP contribution is 2.42. The lowest BCUT2D eigenvalue weighted by Crippen LogP contribution is -2.22. The molecule has 0 saturated carbocycles. The zero-order chi connectivity index (χ0) is 21.8. The van der Waals surface area contributed by atoms with E-state index in [4.69, 9.17) is 19.2 Å². The first-order chi connectivity index (χ1) is 14.5. The fraction of sp³-hybridized carbons (Fsp3) is 0.348. The molecule has 0 fully saturated rings. The monoisotopic (exact) mass is 524 g/mol. The minimum absolute atomic E-state index is 0.203. The number of methoxy groups -OCH3 is 3. The molecule has 0 N–H and O–H groups in total. The molecule has 0 aliphatic heterocycles. The Morgan fingerprint density at radius 2 is 1.63 bits per heavy atom. The van der Waals surface area contributed by atoms with Crippen molar-refractivity contribution in [2.45, 2.75) is 20.5 Å². The summed E-state index contributed by atoms with van der Waals surface area (Å²) in [4.78, 5) is 6.94. The zero-order valence-electron chi connectivity index (χ0n) is 17.9. The standard InChI is InChI=1S/C23H26FIN2O3/c1-6-27(7-2)18-9-8-17(25)22-15(18)12-16(24)23(26-22)21-19(29-4)10-14(13-28-3)11-20(21)30-5/h8-12H,6-7,13H2,1-5H3. The number of ether oxygens (including phenoxy) is 3. The molecule has 0 radical (unpaired) electrons. The van der Waals surface area contributed by atoms with E-state index in [9.17, 15) is 0 Å². The van der Waals surface area contributed by atoms with Gasteiger partial charge in [-0.1, -0.05) is 0 Å². The van der Waals surface area contributed by atoms with Gasteiger partial charge in [-0.2, -0.15) is 0 Å². The molecule has 160 valence electrons. The van der Waals surface area contributed by atoms with Crippen LogP contribution in [0.5, 0.6) is 11.5 Å². The van der Waals surface area contributed by atoms with Gasteiger partial charge in [0.2, 0.25) is 0 Å². The predicted molar refractivity (Wildman–Crippen MR) is 127 cm³/mol. The molecule has 2 aromatic carbocycles. The number of pyridine rings is 1. The molecule has 0 unspecified atom stereocenters. The van der Waals surface area contributed by atoms with E-state index in [1.165, 1.54) is 0 Å². The van der Waals surface area contributed by atoms with Gasteiger partial charge >= 0.3 is 0 Å². The normalized spacial score (nSPS) is 11.0. The van der Waals surface area contributed by atoms with Crippen molar-refractivity contribution in [3.8, 4) is 22.8 Å². The first kappa shape index (κ1) is 22.6. The molecular weight excluding hydrogens is 498 g/mol. The third-order valence-electron chi connectivity index (χ3n) is 5.08. The highest BCUT2D eigenvalue weighted by molar-refractivity contribution is 14.1. The summed E-state index contributed by atoms with van der Waals surface area (Å²) in [6.07, 6.45) is 0. The number of aromatic nitrogens is 1. The molecule has 0 aliphatic rings. The largest absolute Gasteiger partial charge is 0.496 e. The Morgan fingerprint density at radius 1 is 1.00 bits per heavy atom. The first-order valence-corrected chi connectivity index (χ1v) is 10.8. The van der Waals surface area contributed by atoms with Gasteiger partial charge in [0.05, 0.1) is 31.9 Å². The molecule has 3 aromatic rings. The van der Waals surface area contributed by atoms with Crippen LogP contribution in [-0.4, -0.2) is 39.4 Å². The lowest BCUT2D eigenvalue weighted by molar-refractivity contribution is 0.184. The van der Waals surface area contributed by atoms with Crippen molar-refractivity contribution in [1.29, 1.82) is 0 Å².